The van der Waals surface area contributed by atoms with Crippen LogP contribution in [0.3, 0.4) is 0 Å². The van der Waals surface area contributed by atoms with E-state index >= 15 is 0 Å². The number of aliphatic hydroxyl groups excluding tert-OH is 1. The Morgan fingerprint density at radius 2 is 2.24 bits per heavy atom. The van der Waals surface area contributed by atoms with Crippen LogP contribution in [0.4, 0.5) is 0 Å². The predicted octanol–water partition coefficient (Wildman–Crippen LogP) is 1.25. The van der Waals surface area contributed by atoms with Gasteiger partial charge in [-0.15, -0.1) is 5.10 Å². The van der Waals surface area contributed by atoms with Crippen LogP contribution in [0.25, 0.3) is 0 Å². The van der Waals surface area contributed by atoms with E-state index in [0.717, 1.165) is 25.0 Å². The second kappa shape index (κ2) is 4.74. The van der Waals surface area contributed by atoms with Crippen molar-refractivity contribution in [2.24, 2.45) is 0 Å². The van der Waals surface area contributed by atoms with E-state index in [-0.39, 0.29) is 17.7 Å². The van der Waals surface area contributed by atoms with Crippen molar-refractivity contribution in [1.29, 1.82) is 0 Å². The summed E-state index contributed by atoms with van der Waals surface area (Å²) in [6, 6.07) is 0.117. The van der Waals surface area contributed by atoms with Crippen LogP contribution in [0.5, 0.6) is 0 Å². The monoisotopic (exact) mass is 238 g/mol. The Labute approximate surface area is 102 Å². The number of nitrogens with zero attached hydrogens (tertiary/aromatic N) is 3. The van der Waals surface area contributed by atoms with E-state index in [1.54, 1.807) is 0 Å². The molecule has 5 heteroatoms. The van der Waals surface area contributed by atoms with Gasteiger partial charge in [-0.25, -0.2) is 4.68 Å². The summed E-state index contributed by atoms with van der Waals surface area (Å²) in [4.78, 5) is 0. The van der Waals surface area contributed by atoms with Gasteiger partial charge in [0.05, 0.1) is 24.0 Å². The summed E-state index contributed by atoms with van der Waals surface area (Å²) in [5.74, 6) is 0. The van der Waals surface area contributed by atoms with Crippen molar-refractivity contribution < 1.29 is 5.11 Å². The Morgan fingerprint density at radius 1 is 1.47 bits per heavy atom. The van der Waals surface area contributed by atoms with Gasteiger partial charge in [-0.1, -0.05) is 5.21 Å². The van der Waals surface area contributed by atoms with Crippen molar-refractivity contribution in [2.45, 2.75) is 64.3 Å². The second-order valence-electron chi connectivity index (χ2n) is 5.86. The molecule has 1 aliphatic carbocycles. The summed E-state index contributed by atoms with van der Waals surface area (Å²) in [7, 11) is 0. The Bertz CT molecular complexity index is 369. The molecule has 1 aromatic rings. The molecule has 1 aliphatic rings. The molecule has 5 nitrogen and oxygen atoms in total. The molecular formula is C12H22N4O. The van der Waals surface area contributed by atoms with Crippen molar-refractivity contribution in [1.82, 2.24) is 20.3 Å². The van der Waals surface area contributed by atoms with Crippen molar-refractivity contribution in [3.8, 4) is 0 Å². The standard InChI is InChI=1S/C12H22N4O/c1-12(2,3)13-7-9-8-16(15-14-9)10-5-4-6-11(10)17/h8,10-11,13,17H,4-7H2,1-3H3. The molecule has 1 heterocycles. The number of hydrogen-bond donors (Lipinski definition) is 2. The fourth-order valence-corrected chi connectivity index (χ4v) is 2.14. The van der Waals surface area contributed by atoms with Crippen LogP contribution in [0, 0.1) is 0 Å². The fourth-order valence-electron chi connectivity index (χ4n) is 2.14. The van der Waals surface area contributed by atoms with Gasteiger partial charge >= 0.3 is 0 Å². The Kier molecular flexibility index (Phi) is 3.49. The molecule has 2 N–H and O–H groups in total. The predicted molar refractivity (Wildman–Crippen MR) is 65.5 cm³/mol. The molecule has 96 valence electrons. The molecule has 0 spiro atoms. The number of hydrogen-bond acceptors (Lipinski definition) is 4. The molecule has 0 amide bonds. The van der Waals surface area contributed by atoms with Crippen molar-refractivity contribution in [2.75, 3.05) is 0 Å². The van der Waals surface area contributed by atoms with Gasteiger partial charge in [-0.2, -0.15) is 0 Å². The Hall–Kier alpha value is -0.940. The summed E-state index contributed by atoms with van der Waals surface area (Å²) in [6.07, 6.45) is 4.62. The Morgan fingerprint density at radius 3 is 2.82 bits per heavy atom. The smallest absolute Gasteiger partial charge is 0.0965 e. The van der Waals surface area contributed by atoms with E-state index in [2.05, 4.69) is 36.4 Å². The lowest BCUT2D eigenvalue weighted by Crippen LogP contribution is -2.35. The molecular weight excluding hydrogens is 216 g/mol. The SMILES string of the molecule is CC(C)(C)NCc1cn(C2CCCC2O)nn1. The van der Waals surface area contributed by atoms with Crippen LogP contribution < -0.4 is 5.32 Å². The molecule has 0 aromatic carbocycles. The van der Waals surface area contributed by atoms with E-state index in [1.165, 1.54) is 0 Å². The molecule has 0 bridgehead atoms. The van der Waals surface area contributed by atoms with Crippen molar-refractivity contribution >= 4 is 0 Å². The minimum atomic E-state index is -0.264. The molecule has 1 saturated carbocycles. The zero-order valence-corrected chi connectivity index (χ0v) is 10.8. The average molecular weight is 238 g/mol. The van der Waals surface area contributed by atoms with Gasteiger partial charge in [0.1, 0.15) is 0 Å². The first kappa shape index (κ1) is 12.5. The summed E-state index contributed by atoms with van der Waals surface area (Å²) >= 11 is 0. The first-order chi connectivity index (χ1) is 7.96. The van der Waals surface area contributed by atoms with Crippen LogP contribution in [0.1, 0.15) is 51.8 Å². The molecule has 0 aliphatic heterocycles. The minimum absolute atomic E-state index is 0.0800. The highest BCUT2D eigenvalue weighted by atomic mass is 16.3. The maximum absolute atomic E-state index is 9.81. The lowest BCUT2D eigenvalue weighted by atomic mass is 10.1. The number of rotatable bonds is 3. The van der Waals surface area contributed by atoms with E-state index in [1.807, 2.05) is 10.9 Å². The van der Waals surface area contributed by atoms with Crippen molar-refractivity contribution in [3.05, 3.63) is 11.9 Å². The third-order valence-corrected chi connectivity index (χ3v) is 3.14. The lowest BCUT2D eigenvalue weighted by molar-refractivity contribution is 0.129. The highest BCUT2D eigenvalue weighted by Crippen LogP contribution is 2.29. The summed E-state index contributed by atoms with van der Waals surface area (Å²) < 4.78 is 1.82. The van der Waals surface area contributed by atoms with E-state index < -0.39 is 0 Å². The average Bonchev–Trinajstić information content (AvgIpc) is 2.81. The number of aliphatic hydroxyl groups is 1. The van der Waals surface area contributed by atoms with Gasteiger partial charge in [0.25, 0.3) is 0 Å². The van der Waals surface area contributed by atoms with Gasteiger partial charge in [0, 0.05) is 12.1 Å². The zero-order chi connectivity index (χ0) is 12.5. The summed E-state index contributed by atoms with van der Waals surface area (Å²) in [5.41, 5.74) is 1.01. The van der Waals surface area contributed by atoms with Gasteiger partial charge in [0.15, 0.2) is 0 Å². The Balaban J connectivity index is 1.96. The molecule has 2 rings (SSSR count). The van der Waals surface area contributed by atoms with Crippen LogP contribution >= 0.6 is 0 Å². The fraction of sp³-hybridized carbons (Fsp3) is 0.833. The first-order valence-corrected chi connectivity index (χ1v) is 6.29. The van der Waals surface area contributed by atoms with Gasteiger partial charge in [-0.05, 0) is 40.0 Å². The molecule has 1 fully saturated rings. The maximum Gasteiger partial charge on any atom is 0.0965 e. The largest absolute Gasteiger partial charge is 0.391 e. The molecule has 2 atom stereocenters. The van der Waals surface area contributed by atoms with E-state index in [9.17, 15) is 5.11 Å². The molecule has 2 unspecified atom stereocenters. The number of nitrogens with one attached hydrogen (secondary N) is 1. The normalized spacial score (nSPS) is 25.4. The summed E-state index contributed by atoms with van der Waals surface area (Å²) in [6.45, 7) is 7.08. The van der Waals surface area contributed by atoms with Crippen LogP contribution in [0.15, 0.2) is 6.20 Å². The lowest BCUT2D eigenvalue weighted by Gasteiger charge is -2.19. The van der Waals surface area contributed by atoms with E-state index in [4.69, 9.17) is 0 Å². The van der Waals surface area contributed by atoms with Gasteiger partial charge in [-0.3, -0.25) is 0 Å². The number of aromatic nitrogens is 3. The third-order valence-electron chi connectivity index (χ3n) is 3.14. The van der Waals surface area contributed by atoms with E-state index in [0.29, 0.717) is 6.54 Å². The molecule has 17 heavy (non-hydrogen) atoms. The topological polar surface area (TPSA) is 63.0 Å². The van der Waals surface area contributed by atoms with Gasteiger partial charge < -0.3 is 10.4 Å². The van der Waals surface area contributed by atoms with Crippen LogP contribution in [0.2, 0.25) is 0 Å². The first-order valence-electron chi connectivity index (χ1n) is 6.29. The quantitative estimate of drug-likeness (QED) is 0.832. The molecule has 0 radical (unpaired) electrons. The second-order valence-corrected chi connectivity index (χ2v) is 5.86. The highest BCUT2D eigenvalue weighted by Gasteiger charge is 2.27. The molecule has 0 saturated heterocycles. The third kappa shape index (κ3) is 3.26. The highest BCUT2D eigenvalue weighted by molar-refractivity contribution is 4.96. The van der Waals surface area contributed by atoms with Crippen LogP contribution in [-0.4, -0.2) is 31.7 Å². The minimum Gasteiger partial charge on any atom is -0.391 e. The van der Waals surface area contributed by atoms with Gasteiger partial charge in [0.2, 0.25) is 0 Å². The van der Waals surface area contributed by atoms with Crippen LogP contribution in [-0.2, 0) is 6.54 Å². The summed E-state index contributed by atoms with van der Waals surface area (Å²) in [5, 5.41) is 21.4. The molecule has 1 aromatic heterocycles. The maximum atomic E-state index is 9.81. The zero-order valence-electron chi connectivity index (χ0n) is 10.8. The van der Waals surface area contributed by atoms with Crippen molar-refractivity contribution in [3.63, 3.8) is 0 Å².